The van der Waals surface area contributed by atoms with Gasteiger partial charge in [-0.2, -0.15) is 0 Å². The van der Waals surface area contributed by atoms with Crippen molar-refractivity contribution in [1.29, 1.82) is 0 Å². The zero-order chi connectivity index (χ0) is 20.4. The molecule has 0 saturated heterocycles. The normalized spacial score (nSPS) is 13.6. The highest BCUT2D eigenvalue weighted by Crippen LogP contribution is 2.31. The zero-order valence-electron chi connectivity index (χ0n) is 16.4. The van der Waals surface area contributed by atoms with Crippen LogP contribution in [0.5, 0.6) is 5.75 Å². The standard InChI is InChI=1S/C23H22N2O4/c1-14(22(26)25-19-11-5-6-13-20(19)28-2)29-23(27)21-15-8-3-4-10-17(15)24-18-12-7-9-16(18)21/h3-6,8,10-11,13-14H,7,9,12H2,1-2H3,(H,25,26)/t14-/m1/s1. The number of anilines is 1. The molecule has 0 saturated carbocycles. The maximum Gasteiger partial charge on any atom is 0.339 e. The molecule has 0 aliphatic heterocycles. The number of esters is 1. The molecule has 0 radical (unpaired) electrons. The van der Waals surface area contributed by atoms with Crippen LogP contribution in [0.2, 0.25) is 0 Å². The van der Waals surface area contributed by atoms with E-state index in [9.17, 15) is 9.59 Å². The van der Waals surface area contributed by atoms with Crippen molar-refractivity contribution in [2.24, 2.45) is 0 Å². The van der Waals surface area contributed by atoms with Gasteiger partial charge in [-0.1, -0.05) is 30.3 Å². The third-order valence-corrected chi connectivity index (χ3v) is 5.14. The molecule has 6 nitrogen and oxygen atoms in total. The lowest BCUT2D eigenvalue weighted by Crippen LogP contribution is -2.30. The van der Waals surface area contributed by atoms with Crippen molar-refractivity contribution in [1.82, 2.24) is 4.98 Å². The fraction of sp³-hybridized carbons (Fsp3) is 0.261. The lowest BCUT2D eigenvalue weighted by molar-refractivity contribution is -0.123. The first kappa shape index (κ1) is 18.9. The summed E-state index contributed by atoms with van der Waals surface area (Å²) in [5.41, 5.74) is 3.71. The number of amides is 1. The Morgan fingerprint density at radius 3 is 2.66 bits per heavy atom. The van der Waals surface area contributed by atoms with Crippen LogP contribution < -0.4 is 10.1 Å². The Morgan fingerprint density at radius 2 is 1.83 bits per heavy atom. The molecule has 4 rings (SSSR count). The second kappa shape index (κ2) is 7.91. The summed E-state index contributed by atoms with van der Waals surface area (Å²) in [5, 5.41) is 3.51. The molecular formula is C23H22N2O4. The van der Waals surface area contributed by atoms with Crippen LogP contribution in [0.15, 0.2) is 48.5 Å². The van der Waals surface area contributed by atoms with E-state index in [1.165, 1.54) is 7.11 Å². The highest BCUT2D eigenvalue weighted by atomic mass is 16.5. The van der Waals surface area contributed by atoms with E-state index in [1.807, 2.05) is 30.3 Å². The van der Waals surface area contributed by atoms with E-state index in [0.29, 0.717) is 17.0 Å². The number of nitrogens with zero attached hydrogens (tertiary/aromatic N) is 1. The minimum Gasteiger partial charge on any atom is -0.495 e. The predicted molar refractivity (Wildman–Crippen MR) is 110 cm³/mol. The summed E-state index contributed by atoms with van der Waals surface area (Å²) in [6.45, 7) is 1.56. The molecule has 6 heteroatoms. The summed E-state index contributed by atoms with van der Waals surface area (Å²) in [5.74, 6) is -0.375. The van der Waals surface area contributed by atoms with Crippen LogP contribution in [0.4, 0.5) is 5.69 Å². The van der Waals surface area contributed by atoms with Gasteiger partial charge in [0.05, 0.1) is 23.9 Å². The summed E-state index contributed by atoms with van der Waals surface area (Å²) in [7, 11) is 1.53. The first-order chi connectivity index (χ1) is 14.1. The van der Waals surface area contributed by atoms with Gasteiger partial charge in [0, 0.05) is 11.1 Å². The van der Waals surface area contributed by atoms with Crippen molar-refractivity contribution < 1.29 is 19.1 Å². The SMILES string of the molecule is COc1ccccc1NC(=O)[C@@H](C)OC(=O)c1c2c(nc3ccccc13)CCC2. The van der Waals surface area contributed by atoms with Crippen LogP contribution in [0.1, 0.15) is 35.0 Å². The molecule has 1 amide bonds. The van der Waals surface area contributed by atoms with E-state index in [-0.39, 0.29) is 0 Å². The number of carbonyl (C=O) groups excluding carboxylic acids is 2. The smallest absolute Gasteiger partial charge is 0.339 e. The van der Waals surface area contributed by atoms with Gasteiger partial charge in [0.1, 0.15) is 5.75 Å². The van der Waals surface area contributed by atoms with Gasteiger partial charge < -0.3 is 14.8 Å². The molecule has 0 bridgehead atoms. The second-order valence-electron chi connectivity index (χ2n) is 7.02. The fourth-order valence-corrected chi connectivity index (χ4v) is 3.70. The Morgan fingerprint density at radius 1 is 1.07 bits per heavy atom. The van der Waals surface area contributed by atoms with E-state index in [2.05, 4.69) is 10.3 Å². The molecular weight excluding hydrogens is 368 g/mol. The number of fused-ring (bicyclic) bond motifs is 2. The molecule has 1 atom stereocenters. The van der Waals surface area contributed by atoms with Crippen molar-refractivity contribution in [2.75, 3.05) is 12.4 Å². The summed E-state index contributed by atoms with van der Waals surface area (Å²) < 4.78 is 10.8. The fourth-order valence-electron chi connectivity index (χ4n) is 3.70. The van der Waals surface area contributed by atoms with Crippen LogP contribution in [0, 0.1) is 0 Å². The minimum absolute atomic E-state index is 0.419. The van der Waals surface area contributed by atoms with Crippen molar-refractivity contribution >= 4 is 28.5 Å². The molecule has 0 unspecified atom stereocenters. The van der Waals surface area contributed by atoms with Crippen LogP contribution in [-0.4, -0.2) is 30.1 Å². The number of benzene rings is 2. The number of ether oxygens (including phenoxy) is 2. The molecule has 148 valence electrons. The molecule has 1 N–H and O–H groups in total. The minimum atomic E-state index is -0.962. The Bertz CT molecular complexity index is 1090. The highest BCUT2D eigenvalue weighted by Gasteiger charge is 2.27. The second-order valence-corrected chi connectivity index (χ2v) is 7.02. The van der Waals surface area contributed by atoms with Crippen molar-refractivity contribution in [3.05, 3.63) is 65.4 Å². The zero-order valence-corrected chi connectivity index (χ0v) is 16.4. The quantitative estimate of drug-likeness (QED) is 0.668. The first-order valence-electron chi connectivity index (χ1n) is 9.64. The third kappa shape index (κ3) is 3.66. The van der Waals surface area contributed by atoms with Gasteiger partial charge in [0.25, 0.3) is 5.91 Å². The Balaban J connectivity index is 1.57. The average molecular weight is 390 g/mol. The van der Waals surface area contributed by atoms with Crippen LogP contribution in [0.3, 0.4) is 0 Å². The number of rotatable bonds is 5. The summed E-state index contributed by atoms with van der Waals surface area (Å²) >= 11 is 0. The summed E-state index contributed by atoms with van der Waals surface area (Å²) in [4.78, 5) is 30.3. The molecule has 0 fully saturated rings. The monoisotopic (exact) mass is 390 g/mol. The first-order valence-corrected chi connectivity index (χ1v) is 9.64. The van der Waals surface area contributed by atoms with Crippen molar-refractivity contribution in [3.8, 4) is 5.75 Å². The molecule has 0 spiro atoms. The van der Waals surface area contributed by atoms with Crippen LogP contribution in [0.25, 0.3) is 10.9 Å². The maximum atomic E-state index is 13.1. The number of hydrogen-bond acceptors (Lipinski definition) is 5. The van der Waals surface area contributed by atoms with Gasteiger partial charge in [-0.25, -0.2) is 4.79 Å². The molecule has 1 aliphatic carbocycles. The van der Waals surface area contributed by atoms with E-state index < -0.39 is 18.0 Å². The highest BCUT2D eigenvalue weighted by molar-refractivity contribution is 6.06. The number of hydrogen-bond donors (Lipinski definition) is 1. The van der Waals surface area contributed by atoms with Gasteiger partial charge >= 0.3 is 5.97 Å². The molecule has 2 aromatic carbocycles. The molecule has 1 heterocycles. The lowest BCUT2D eigenvalue weighted by atomic mass is 10.0. The molecule has 3 aromatic rings. The number of nitrogens with one attached hydrogen (secondary N) is 1. The largest absolute Gasteiger partial charge is 0.495 e. The summed E-state index contributed by atoms with van der Waals surface area (Å²) in [6, 6.07) is 14.6. The molecule has 29 heavy (non-hydrogen) atoms. The van der Waals surface area contributed by atoms with Gasteiger partial charge in [-0.3, -0.25) is 9.78 Å². The number of para-hydroxylation sites is 3. The van der Waals surface area contributed by atoms with Gasteiger partial charge in [-0.15, -0.1) is 0 Å². The van der Waals surface area contributed by atoms with E-state index in [1.54, 1.807) is 25.1 Å². The van der Waals surface area contributed by atoms with Crippen LogP contribution >= 0.6 is 0 Å². The Hall–Kier alpha value is -3.41. The maximum absolute atomic E-state index is 13.1. The Labute approximate surface area is 168 Å². The van der Waals surface area contributed by atoms with Gasteiger partial charge in [-0.05, 0) is 49.9 Å². The number of aryl methyl sites for hydroxylation is 1. The molecule has 1 aliphatic rings. The number of methoxy groups -OCH3 is 1. The van der Waals surface area contributed by atoms with Crippen LogP contribution in [-0.2, 0) is 22.4 Å². The van der Waals surface area contributed by atoms with E-state index in [0.717, 1.165) is 41.4 Å². The topological polar surface area (TPSA) is 77.5 Å². The van der Waals surface area contributed by atoms with Gasteiger partial charge in [0.2, 0.25) is 0 Å². The third-order valence-electron chi connectivity index (χ3n) is 5.14. The predicted octanol–water partition coefficient (Wildman–Crippen LogP) is 3.92. The number of pyridine rings is 1. The van der Waals surface area contributed by atoms with Crippen molar-refractivity contribution in [3.63, 3.8) is 0 Å². The lowest BCUT2D eigenvalue weighted by Gasteiger charge is -2.17. The number of carbonyl (C=O) groups is 2. The van der Waals surface area contributed by atoms with Gasteiger partial charge in [0.15, 0.2) is 6.10 Å². The Kier molecular flexibility index (Phi) is 5.16. The summed E-state index contributed by atoms with van der Waals surface area (Å²) in [6.07, 6.45) is 1.64. The van der Waals surface area contributed by atoms with E-state index >= 15 is 0 Å². The van der Waals surface area contributed by atoms with Crippen molar-refractivity contribution in [2.45, 2.75) is 32.3 Å². The number of aromatic nitrogens is 1. The average Bonchev–Trinajstić information content (AvgIpc) is 3.20. The molecule has 1 aromatic heterocycles. The van der Waals surface area contributed by atoms with E-state index in [4.69, 9.17) is 9.47 Å².